The van der Waals surface area contributed by atoms with Gasteiger partial charge in [0.05, 0.1) is 19.3 Å². The first-order valence-corrected chi connectivity index (χ1v) is 11.1. The second-order valence-electron chi connectivity index (χ2n) is 8.30. The lowest BCUT2D eigenvalue weighted by Crippen LogP contribution is -2.43. The highest BCUT2D eigenvalue weighted by molar-refractivity contribution is 5.94. The van der Waals surface area contributed by atoms with E-state index in [9.17, 15) is 4.79 Å². The first-order valence-electron chi connectivity index (χ1n) is 11.1. The molecular formula is C27H31N3O2. The fourth-order valence-electron chi connectivity index (χ4n) is 4.08. The molecule has 0 saturated carbocycles. The Kier molecular flexibility index (Phi) is 7.20. The van der Waals surface area contributed by atoms with Crippen LogP contribution in [0.4, 0.5) is 5.69 Å². The Bertz CT molecular complexity index is 995. The Balaban J connectivity index is 1.45. The van der Waals surface area contributed by atoms with E-state index in [-0.39, 0.29) is 11.9 Å². The first kappa shape index (κ1) is 22.1. The molecule has 1 fully saturated rings. The summed E-state index contributed by atoms with van der Waals surface area (Å²) >= 11 is 0. The number of amides is 1. The molecule has 4 rings (SSSR count). The van der Waals surface area contributed by atoms with Gasteiger partial charge in [0.15, 0.2) is 0 Å². The Hall–Kier alpha value is -3.15. The fourth-order valence-corrected chi connectivity index (χ4v) is 4.08. The lowest BCUT2D eigenvalue weighted by molar-refractivity contribution is 0.0162. The van der Waals surface area contributed by atoms with Crippen LogP contribution in [0.25, 0.3) is 11.1 Å². The minimum absolute atomic E-state index is 0.0483. The van der Waals surface area contributed by atoms with Gasteiger partial charge in [0.25, 0.3) is 5.91 Å². The number of hydrogen-bond acceptors (Lipinski definition) is 4. The van der Waals surface area contributed by atoms with Crippen LogP contribution in [0.5, 0.6) is 0 Å². The van der Waals surface area contributed by atoms with Crippen LogP contribution in [-0.2, 0) is 4.74 Å². The monoisotopic (exact) mass is 429 g/mol. The molecule has 5 heteroatoms. The number of nitrogens with zero attached hydrogens (tertiary/aromatic N) is 2. The van der Waals surface area contributed by atoms with Crippen LogP contribution < -0.4 is 10.2 Å². The summed E-state index contributed by atoms with van der Waals surface area (Å²) in [5.41, 5.74) is 5.30. The predicted octanol–water partition coefficient (Wildman–Crippen LogP) is 4.22. The molecule has 5 nitrogen and oxygen atoms in total. The third-order valence-corrected chi connectivity index (χ3v) is 5.99. The molecule has 3 aromatic rings. The summed E-state index contributed by atoms with van der Waals surface area (Å²) in [7, 11) is 4.08. The van der Waals surface area contributed by atoms with Crippen LogP contribution in [0.2, 0.25) is 0 Å². The average molecular weight is 430 g/mol. The van der Waals surface area contributed by atoms with Crippen molar-refractivity contribution >= 4 is 11.6 Å². The molecule has 1 saturated heterocycles. The molecule has 1 atom stereocenters. The summed E-state index contributed by atoms with van der Waals surface area (Å²) in [6.07, 6.45) is 0. The van der Waals surface area contributed by atoms with E-state index in [0.29, 0.717) is 12.1 Å². The van der Waals surface area contributed by atoms with Crippen LogP contribution >= 0.6 is 0 Å². The van der Waals surface area contributed by atoms with Crippen LogP contribution in [0.15, 0.2) is 78.9 Å². The number of hydrogen-bond donors (Lipinski definition) is 1. The van der Waals surface area contributed by atoms with Gasteiger partial charge in [-0.25, -0.2) is 0 Å². The van der Waals surface area contributed by atoms with Crippen molar-refractivity contribution in [1.29, 1.82) is 0 Å². The van der Waals surface area contributed by atoms with E-state index in [2.05, 4.69) is 51.5 Å². The second kappa shape index (κ2) is 10.4. The van der Waals surface area contributed by atoms with Gasteiger partial charge in [-0.1, -0.05) is 54.6 Å². The molecule has 1 aliphatic heterocycles. The number of carbonyl (C=O) groups is 1. The first-order chi connectivity index (χ1) is 15.6. The van der Waals surface area contributed by atoms with E-state index in [1.165, 1.54) is 5.56 Å². The van der Waals surface area contributed by atoms with E-state index in [4.69, 9.17) is 4.74 Å². The van der Waals surface area contributed by atoms with Crippen LogP contribution in [0, 0.1) is 0 Å². The van der Waals surface area contributed by atoms with Gasteiger partial charge in [0.2, 0.25) is 0 Å². The zero-order valence-corrected chi connectivity index (χ0v) is 18.8. The molecule has 0 aliphatic carbocycles. The van der Waals surface area contributed by atoms with E-state index in [1.807, 2.05) is 56.6 Å². The van der Waals surface area contributed by atoms with Crippen LogP contribution in [0.1, 0.15) is 22.0 Å². The zero-order valence-electron chi connectivity index (χ0n) is 18.8. The van der Waals surface area contributed by atoms with E-state index < -0.39 is 0 Å². The second-order valence-corrected chi connectivity index (χ2v) is 8.30. The maximum atomic E-state index is 12.9. The van der Waals surface area contributed by atoms with Gasteiger partial charge in [0, 0.05) is 45.0 Å². The van der Waals surface area contributed by atoms with Gasteiger partial charge in [-0.05, 0) is 41.0 Å². The Labute approximate surface area is 190 Å². The number of rotatable bonds is 7. The van der Waals surface area contributed by atoms with Gasteiger partial charge < -0.3 is 15.0 Å². The highest BCUT2D eigenvalue weighted by Gasteiger charge is 2.23. The van der Waals surface area contributed by atoms with Crippen molar-refractivity contribution in [3.05, 3.63) is 90.0 Å². The highest BCUT2D eigenvalue weighted by Crippen LogP contribution is 2.24. The van der Waals surface area contributed by atoms with E-state index in [1.54, 1.807) is 0 Å². The molecule has 0 unspecified atom stereocenters. The zero-order chi connectivity index (χ0) is 22.3. The number of anilines is 1. The molecule has 0 radical (unpaired) electrons. The maximum Gasteiger partial charge on any atom is 0.251 e. The minimum Gasteiger partial charge on any atom is -0.379 e. The Morgan fingerprint density at radius 1 is 0.906 bits per heavy atom. The SMILES string of the molecule is CN(C)c1ccc([C@H](CNC(=O)c2ccc(-c3ccccc3)cc2)N2CCOCC2)cc1. The standard InChI is InChI=1S/C27H31N3O2/c1-29(2)25-14-12-23(13-15-25)26(30-16-18-32-19-17-30)20-28-27(31)24-10-8-22(9-11-24)21-6-4-3-5-7-21/h3-15,26H,16-20H2,1-2H3,(H,28,31)/t26-/m0/s1. The molecule has 1 amide bonds. The molecule has 1 aliphatic rings. The van der Waals surface area contributed by atoms with Crippen molar-refractivity contribution in [1.82, 2.24) is 10.2 Å². The van der Waals surface area contributed by atoms with Crippen molar-refractivity contribution in [2.45, 2.75) is 6.04 Å². The molecule has 32 heavy (non-hydrogen) atoms. The van der Waals surface area contributed by atoms with Crippen molar-refractivity contribution < 1.29 is 9.53 Å². The molecular weight excluding hydrogens is 398 g/mol. The number of carbonyl (C=O) groups excluding carboxylic acids is 1. The lowest BCUT2D eigenvalue weighted by atomic mass is 10.0. The third kappa shape index (κ3) is 5.36. The molecule has 166 valence electrons. The molecule has 0 aromatic heterocycles. The number of ether oxygens (including phenoxy) is 1. The number of benzene rings is 3. The van der Waals surface area contributed by atoms with Crippen molar-refractivity contribution in [2.24, 2.45) is 0 Å². The quantitative estimate of drug-likeness (QED) is 0.611. The summed E-state index contributed by atoms with van der Waals surface area (Å²) < 4.78 is 5.54. The highest BCUT2D eigenvalue weighted by atomic mass is 16.5. The fraction of sp³-hybridized carbons (Fsp3) is 0.296. The smallest absolute Gasteiger partial charge is 0.251 e. The minimum atomic E-state index is -0.0483. The Morgan fingerprint density at radius 3 is 2.16 bits per heavy atom. The summed E-state index contributed by atoms with van der Waals surface area (Å²) in [4.78, 5) is 17.4. The largest absolute Gasteiger partial charge is 0.379 e. The van der Waals surface area contributed by atoms with Gasteiger partial charge >= 0.3 is 0 Å². The number of nitrogens with one attached hydrogen (secondary N) is 1. The van der Waals surface area contributed by atoms with Gasteiger partial charge in [-0.2, -0.15) is 0 Å². The molecule has 1 N–H and O–H groups in total. The van der Waals surface area contributed by atoms with Crippen LogP contribution in [-0.4, -0.2) is 57.8 Å². The van der Waals surface area contributed by atoms with Gasteiger partial charge in [-0.3, -0.25) is 9.69 Å². The van der Waals surface area contributed by atoms with Crippen molar-refractivity contribution in [2.75, 3.05) is 51.8 Å². The van der Waals surface area contributed by atoms with Crippen molar-refractivity contribution in [3.63, 3.8) is 0 Å². The molecule has 0 bridgehead atoms. The third-order valence-electron chi connectivity index (χ3n) is 5.99. The van der Waals surface area contributed by atoms with Crippen LogP contribution in [0.3, 0.4) is 0 Å². The maximum absolute atomic E-state index is 12.9. The average Bonchev–Trinajstić information content (AvgIpc) is 2.85. The van der Waals surface area contributed by atoms with E-state index >= 15 is 0 Å². The molecule has 0 spiro atoms. The van der Waals surface area contributed by atoms with Crippen molar-refractivity contribution in [3.8, 4) is 11.1 Å². The normalized spacial score (nSPS) is 15.2. The summed E-state index contributed by atoms with van der Waals surface area (Å²) in [6, 6.07) is 26.7. The summed E-state index contributed by atoms with van der Waals surface area (Å²) in [5, 5.41) is 3.16. The topological polar surface area (TPSA) is 44.8 Å². The predicted molar refractivity (Wildman–Crippen MR) is 130 cm³/mol. The summed E-state index contributed by atoms with van der Waals surface area (Å²) in [6.45, 7) is 3.73. The van der Waals surface area contributed by atoms with Gasteiger partial charge in [-0.15, -0.1) is 0 Å². The van der Waals surface area contributed by atoms with Gasteiger partial charge in [0.1, 0.15) is 0 Å². The van der Waals surface area contributed by atoms with E-state index in [0.717, 1.165) is 43.1 Å². The Morgan fingerprint density at radius 2 is 1.53 bits per heavy atom. The summed E-state index contributed by atoms with van der Waals surface area (Å²) in [5.74, 6) is -0.0483. The number of morpholine rings is 1. The lowest BCUT2D eigenvalue weighted by Gasteiger charge is -2.35. The molecule has 1 heterocycles. The molecule has 3 aromatic carbocycles.